The molecular formula is C21H26F3N3O5S. The Morgan fingerprint density at radius 3 is 2.39 bits per heavy atom. The molecule has 1 aliphatic carbocycles. The lowest BCUT2D eigenvalue weighted by Gasteiger charge is -2.22. The second-order valence-electron chi connectivity index (χ2n) is 8.92. The maximum absolute atomic E-state index is 13.8. The van der Waals surface area contributed by atoms with Gasteiger partial charge < -0.3 is 9.47 Å². The van der Waals surface area contributed by atoms with Gasteiger partial charge in [0.1, 0.15) is 22.5 Å². The second-order valence-corrected chi connectivity index (χ2v) is 9.96. The first-order chi connectivity index (χ1) is 15.2. The first-order valence-electron chi connectivity index (χ1n) is 10.3. The molecular weight excluding hydrogens is 463 g/mol. The molecule has 1 saturated carbocycles. The van der Waals surface area contributed by atoms with Gasteiger partial charge in [-0.2, -0.15) is 13.2 Å². The molecule has 0 radical (unpaired) electrons. The number of aromatic nitrogens is 2. The average molecular weight is 490 g/mol. The van der Waals surface area contributed by atoms with E-state index in [4.69, 9.17) is 9.47 Å². The fraction of sp³-hybridized carbons (Fsp3) is 0.619. The van der Waals surface area contributed by atoms with Gasteiger partial charge in [-0.3, -0.25) is 19.1 Å². The lowest BCUT2D eigenvalue weighted by atomic mass is 10.2. The Balaban J connectivity index is 2.12. The molecule has 3 rings (SSSR count). The van der Waals surface area contributed by atoms with E-state index in [0.717, 1.165) is 15.9 Å². The van der Waals surface area contributed by atoms with Crippen molar-refractivity contribution in [1.29, 1.82) is 0 Å². The Morgan fingerprint density at radius 2 is 1.88 bits per heavy atom. The van der Waals surface area contributed by atoms with Gasteiger partial charge in [0.25, 0.3) is 5.56 Å². The van der Waals surface area contributed by atoms with Crippen molar-refractivity contribution >= 4 is 33.7 Å². The molecule has 0 saturated heterocycles. The van der Waals surface area contributed by atoms with E-state index in [1.54, 1.807) is 27.7 Å². The fourth-order valence-corrected chi connectivity index (χ4v) is 4.79. The highest BCUT2D eigenvalue weighted by Gasteiger charge is 2.66. The molecule has 0 N–H and O–H groups in total. The maximum atomic E-state index is 13.8. The Hall–Kier alpha value is -2.47. The Morgan fingerprint density at radius 1 is 1.24 bits per heavy atom. The number of aryl methyl sites for hydroxylation is 1. The summed E-state index contributed by atoms with van der Waals surface area (Å²) in [5.74, 6) is -0.544. The van der Waals surface area contributed by atoms with Crippen molar-refractivity contribution in [3.05, 3.63) is 31.3 Å². The first kappa shape index (κ1) is 25.2. The molecule has 0 aliphatic heterocycles. The van der Waals surface area contributed by atoms with E-state index in [-0.39, 0.29) is 42.8 Å². The average Bonchev–Trinajstić information content (AvgIpc) is 3.40. The van der Waals surface area contributed by atoms with E-state index in [2.05, 4.69) is 4.99 Å². The number of thiophene rings is 1. The van der Waals surface area contributed by atoms with Crippen LogP contribution in [0.25, 0.3) is 10.2 Å². The fourth-order valence-electron chi connectivity index (χ4n) is 3.57. The molecule has 0 spiro atoms. The Labute approximate surface area is 191 Å². The van der Waals surface area contributed by atoms with Gasteiger partial charge in [0.05, 0.1) is 23.4 Å². The monoisotopic (exact) mass is 489 g/mol. The highest BCUT2D eigenvalue weighted by atomic mass is 32.1. The van der Waals surface area contributed by atoms with E-state index < -0.39 is 34.5 Å². The summed E-state index contributed by atoms with van der Waals surface area (Å²) in [6.07, 6.45) is -4.01. The number of hydrogen-bond acceptors (Lipinski definition) is 7. The quantitative estimate of drug-likeness (QED) is 0.441. The minimum atomic E-state index is -4.73. The van der Waals surface area contributed by atoms with E-state index in [9.17, 15) is 27.6 Å². The zero-order valence-electron chi connectivity index (χ0n) is 19.0. The number of methoxy groups -OCH3 is 1. The molecule has 1 fully saturated rings. The van der Waals surface area contributed by atoms with Crippen molar-refractivity contribution in [3.8, 4) is 0 Å². The molecule has 0 aromatic carbocycles. The van der Waals surface area contributed by atoms with Crippen molar-refractivity contribution in [2.45, 2.75) is 64.4 Å². The van der Waals surface area contributed by atoms with Gasteiger partial charge in [-0.05, 0) is 46.1 Å². The zero-order chi connectivity index (χ0) is 24.8. The molecule has 33 heavy (non-hydrogen) atoms. The molecule has 8 nitrogen and oxygen atoms in total. The first-order valence-corrected chi connectivity index (χ1v) is 11.1. The van der Waals surface area contributed by atoms with Crippen molar-refractivity contribution in [2.75, 3.05) is 20.3 Å². The number of alkyl halides is 3. The zero-order valence-corrected chi connectivity index (χ0v) is 19.9. The van der Waals surface area contributed by atoms with Gasteiger partial charge >= 0.3 is 17.8 Å². The molecule has 1 aliphatic rings. The van der Waals surface area contributed by atoms with Crippen LogP contribution in [0, 0.1) is 6.92 Å². The molecule has 12 heteroatoms. The number of carbonyl (C=O) groups is 1. The molecule has 182 valence electrons. The molecule has 0 unspecified atom stereocenters. The second kappa shape index (κ2) is 8.71. The van der Waals surface area contributed by atoms with E-state index in [1.807, 2.05) is 0 Å². The van der Waals surface area contributed by atoms with Gasteiger partial charge in [0.15, 0.2) is 0 Å². The van der Waals surface area contributed by atoms with Crippen molar-refractivity contribution in [2.24, 2.45) is 4.99 Å². The predicted molar refractivity (Wildman–Crippen MR) is 119 cm³/mol. The molecule has 2 aromatic rings. The summed E-state index contributed by atoms with van der Waals surface area (Å²) in [7, 11) is 1.41. The van der Waals surface area contributed by atoms with Gasteiger partial charge in [-0.15, -0.1) is 11.3 Å². The number of rotatable bonds is 7. The molecule has 2 aromatic heterocycles. The van der Waals surface area contributed by atoms with Crippen molar-refractivity contribution in [3.63, 3.8) is 0 Å². The Kier molecular flexibility index (Phi) is 6.64. The lowest BCUT2D eigenvalue weighted by Crippen LogP contribution is -2.51. The minimum Gasteiger partial charge on any atom is -0.459 e. The standard InChI is InChI=1S/C21H26F3N3O5S/c1-12-13(10-25-11-14(28)32-19(2,3)4)33-17-15(12)16(29)27(18(30)26(17)8-9-31-5)20(6-7-20)21(22,23)24/h10H,6-9,11H2,1-5H3. The van der Waals surface area contributed by atoms with Crippen LogP contribution in [0.15, 0.2) is 14.6 Å². The number of ether oxygens (including phenoxy) is 2. The molecule has 0 atom stereocenters. The highest BCUT2D eigenvalue weighted by molar-refractivity contribution is 7.20. The summed E-state index contributed by atoms with van der Waals surface area (Å²) in [5.41, 5.74) is -4.74. The molecule has 2 heterocycles. The van der Waals surface area contributed by atoms with Gasteiger partial charge in [0, 0.05) is 13.3 Å². The summed E-state index contributed by atoms with van der Waals surface area (Å²) in [6, 6.07) is 0. The van der Waals surface area contributed by atoms with Gasteiger partial charge in [-0.1, -0.05) is 0 Å². The number of fused-ring (bicyclic) bond motifs is 1. The maximum Gasteiger partial charge on any atom is 0.412 e. The van der Waals surface area contributed by atoms with E-state index in [1.165, 1.54) is 13.3 Å². The van der Waals surface area contributed by atoms with Crippen LogP contribution in [-0.4, -0.2) is 53.4 Å². The third kappa shape index (κ3) is 4.77. The number of aliphatic imine (C=N–C) groups is 1. The topological polar surface area (TPSA) is 91.9 Å². The van der Waals surface area contributed by atoms with E-state index >= 15 is 0 Å². The van der Waals surface area contributed by atoms with Crippen molar-refractivity contribution < 1.29 is 27.4 Å². The van der Waals surface area contributed by atoms with Gasteiger partial charge in [0.2, 0.25) is 0 Å². The summed E-state index contributed by atoms with van der Waals surface area (Å²) in [5, 5.41) is 0.0324. The largest absolute Gasteiger partial charge is 0.459 e. The van der Waals surface area contributed by atoms with Crippen LogP contribution in [0.4, 0.5) is 13.2 Å². The van der Waals surface area contributed by atoms with Crippen LogP contribution in [0.5, 0.6) is 0 Å². The van der Waals surface area contributed by atoms with Crippen molar-refractivity contribution in [1.82, 2.24) is 9.13 Å². The molecule has 0 bridgehead atoms. The Bertz CT molecular complexity index is 1210. The van der Waals surface area contributed by atoms with Crippen LogP contribution >= 0.6 is 11.3 Å². The number of esters is 1. The lowest BCUT2D eigenvalue weighted by molar-refractivity contribution is -0.181. The van der Waals surface area contributed by atoms with Gasteiger partial charge in [-0.25, -0.2) is 9.36 Å². The summed E-state index contributed by atoms with van der Waals surface area (Å²) < 4.78 is 53.1. The smallest absolute Gasteiger partial charge is 0.412 e. The summed E-state index contributed by atoms with van der Waals surface area (Å²) >= 11 is 1.05. The normalized spacial score (nSPS) is 16.0. The summed E-state index contributed by atoms with van der Waals surface area (Å²) in [6.45, 7) is 6.55. The number of carbonyl (C=O) groups excluding carboxylic acids is 1. The third-order valence-corrected chi connectivity index (χ3v) is 6.55. The van der Waals surface area contributed by atoms with E-state index in [0.29, 0.717) is 15.0 Å². The number of hydrogen-bond donors (Lipinski definition) is 0. The highest BCUT2D eigenvalue weighted by Crippen LogP contribution is 2.54. The van der Waals surface area contributed by atoms with Crippen LogP contribution in [0.3, 0.4) is 0 Å². The third-order valence-electron chi connectivity index (χ3n) is 5.30. The predicted octanol–water partition coefficient (Wildman–Crippen LogP) is 2.99. The minimum absolute atomic E-state index is 0.0193. The summed E-state index contributed by atoms with van der Waals surface area (Å²) in [4.78, 5) is 42.9. The number of nitrogens with zero attached hydrogens (tertiary/aromatic N) is 3. The SMILES string of the molecule is COCCn1c(=O)n(C2(C(F)(F)F)CC2)c(=O)c2c(C)c(C=NCC(=O)OC(C)(C)C)sc21. The molecule has 0 amide bonds. The van der Waals surface area contributed by atoms with Crippen LogP contribution in [-0.2, 0) is 26.4 Å². The van der Waals surface area contributed by atoms with Crippen LogP contribution in [0.2, 0.25) is 0 Å². The number of halogens is 3. The van der Waals surface area contributed by atoms with Crippen LogP contribution < -0.4 is 11.2 Å². The van der Waals surface area contributed by atoms with Crippen LogP contribution in [0.1, 0.15) is 44.1 Å².